The fourth-order valence-corrected chi connectivity index (χ4v) is 5.74. The second-order valence-electron chi connectivity index (χ2n) is 8.81. The number of carbonyl (C=O) groups excluding carboxylic acids is 2. The van der Waals surface area contributed by atoms with Crippen molar-refractivity contribution in [3.8, 4) is 0 Å². The number of rotatable bonds is 4. The molecule has 1 aromatic heterocycles. The molecular weight excluding hydrogens is 451 g/mol. The summed E-state index contributed by atoms with van der Waals surface area (Å²) >= 11 is 13.1. The summed E-state index contributed by atoms with van der Waals surface area (Å²) in [7, 11) is 0. The first-order valence-corrected chi connectivity index (χ1v) is 11.9. The molecule has 32 heavy (non-hydrogen) atoms. The Kier molecular flexibility index (Phi) is 6.14. The number of halogens is 2. The molecule has 7 nitrogen and oxygen atoms in total. The summed E-state index contributed by atoms with van der Waals surface area (Å²) in [5.74, 6) is -0.0678. The normalized spacial score (nSPS) is 23.5. The number of amides is 2. The molecule has 2 aliphatic heterocycles. The van der Waals surface area contributed by atoms with Crippen LogP contribution in [0.4, 0.5) is 0 Å². The van der Waals surface area contributed by atoms with E-state index >= 15 is 0 Å². The predicted octanol–water partition coefficient (Wildman–Crippen LogP) is 3.14. The van der Waals surface area contributed by atoms with Gasteiger partial charge >= 0.3 is 0 Å². The summed E-state index contributed by atoms with van der Waals surface area (Å²) in [4.78, 5) is 29.8. The van der Waals surface area contributed by atoms with Crippen molar-refractivity contribution in [2.45, 2.75) is 38.1 Å². The molecular formula is C23H26Cl2N4O3. The Hall–Kier alpha value is -2.09. The van der Waals surface area contributed by atoms with Crippen LogP contribution in [0.15, 0.2) is 18.3 Å². The van der Waals surface area contributed by atoms with Crippen LogP contribution in [-0.4, -0.2) is 70.7 Å². The van der Waals surface area contributed by atoms with Gasteiger partial charge in [0.1, 0.15) is 0 Å². The van der Waals surface area contributed by atoms with Crippen LogP contribution in [0, 0.1) is 5.92 Å². The molecule has 3 aliphatic rings. The van der Waals surface area contributed by atoms with Crippen molar-refractivity contribution in [1.82, 2.24) is 20.0 Å². The minimum Gasteiger partial charge on any atom is -0.378 e. The number of likely N-dealkylation sites (tertiary alicyclic amines) is 1. The van der Waals surface area contributed by atoms with Crippen LogP contribution in [0.3, 0.4) is 0 Å². The van der Waals surface area contributed by atoms with Crippen molar-refractivity contribution in [2.75, 3.05) is 32.8 Å². The number of morpholine rings is 1. The molecule has 0 saturated carbocycles. The van der Waals surface area contributed by atoms with Crippen LogP contribution in [0.2, 0.25) is 10.0 Å². The number of ether oxygens (including phenoxy) is 1. The van der Waals surface area contributed by atoms with E-state index in [0.717, 1.165) is 37.8 Å². The van der Waals surface area contributed by atoms with Gasteiger partial charge in [-0.25, -0.2) is 0 Å². The molecule has 1 aromatic carbocycles. The van der Waals surface area contributed by atoms with Crippen molar-refractivity contribution in [2.24, 2.45) is 5.92 Å². The van der Waals surface area contributed by atoms with E-state index in [1.54, 1.807) is 17.0 Å². The first-order chi connectivity index (χ1) is 15.5. The molecule has 0 unspecified atom stereocenters. The molecule has 2 fully saturated rings. The SMILES string of the molecule is O=C(c1cc(Cl)c(C[C@@H]2CCN([C@H]3CCc4[nH]ncc4C3)C2=O)c(Cl)c1)N1CCOCC1. The third-order valence-electron chi connectivity index (χ3n) is 6.92. The highest BCUT2D eigenvalue weighted by Crippen LogP contribution is 2.34. The Morgan fingerprint density at radius 2 is 1.91 bits per heavy atom. The van der Waals surface area contributed by atoms with Crippen molar-refractivity contribution in [3.63, 3.8) is 0 Å². The average Bonchev–Trinajstić information content (AvgIpc) is 3.42. The summed E-state index contributed by atoms with van der Waals surface area (Å²) in [6.07, 6.45) is 5.87. The Morgan fingerprint density at radius 3 is 2.66 bits per heavy atom. The van der Waals surface area contributed by atoms with Crippen molar-refractivity contribution in [1.29, 1.82) is 0 Å². The topological polar surface area (TPSA) is 78.5 Å². The van der Waals surface area contributed by atoms with Gasteiger partial charge in [-0.05, 0) is 55.4 Å². The lowest BCUT2D eigenvalue weighted by Crippen LogP contribution is -2.41. The molecule has 0 bridgehead atoms. The summed E-state index contributed by atoms with van der Waals surface area (Å²) in [5.41, 5.74) is 3.62. The molecule has 2 amide bonds. The number of carbonyl (C=O) groups is 2. The Balaban J connectivity index is 1.27. The van der Waals surface area contributed by atoms with Crippen molar-refractivity contribution < 1.29 is 14.3 Å². The molecule has 2 saturated heterocycles. The molecule has 1 N–H and O–H groups in total. The predicted molar refractivity (Wildman–Crippen MR) is 121 cm³/mol. The number of fused-ring (bicyclic) bond motifs is 1. The fraction of sp³-hybridized carbons (Fsp3) is 0.522. The Bertz CT molecular complexity index is 1010. The number of H-pyrrole nitrogens is 1. The van der Waals surface area contributed by atoms with Gasteiger partial charge in [0, 0.05) is 52.9 Å². The minimum atomic E-state index is -0.142. The van der Waals surface area contributed by atoms with E-state index < -0.39 is 0 Å². The molecule has 2 aromatic rings. The molecule has 3 heterocycles. The standard InChI is InChI=1S/C23H26Cl2N4O3/c24-19-11-15(22(30)28-5-7-32-8-6-28)12-20(25)18(19)10-14-3-4-29(23(14)31)17-1-2-21-16(9-17)13-26-27-21/h11-14,17H,1-10H2,(H,26,27)/t14-,17-/m0/s1. The first-order valence-electron chi connectivity index (χ1n) is 11.2. The zero-order valence-electron chi connectivity index (χ0n) is 17.8. The lowest BCUT2D eigenvalue weighted by atomic mass is 9.92. The molecule has 1 aliphatic carbocycles. The lowest BCUT2D eigenvalue weighted by molar-refractivity contribution is -0.133. The zero-order valence-corrected chi connectivity index (χ0v) is 19.3. The number of nitrogens with zero attached hydrogens (tertiary/aromatic N) is 3. The summed E-state index contributed by atoms with van der Waals surface area (Å²) in [5, 5.41) is 8.07. The van der Waals surface area contributed by atoms with E-state index in [1.165, 1.54) is 11.3 Å². The molecule has 2 atom stereocenters. The number of nitrogens with one attached hydrogen (secondary N) is 1. The second-order valence-corrected chi connectivity index (χ2v) is 9.63. The van der Waals surface area contributed by atoms with Gasteiger partial charge in [-0.3, -0.25) is 14.7 Å². The van der Waals surface area contributed by atoms with E-state index in [2.05, 4.69) is 10.2 Å². The van der Waals surface area contributed by atoms with Crippen molar-refractivity contribution in [3.05, 3.63) is 50.8 Å². The highest BCUT2D eigenvalue weighted by atomic mass is 35.5. The van der Waals surface area contributed by atoms with Crippen LogP contribution in [0.5, 0.6) is 0 Å². The van der Waals surface area contributed by atoms with Crippen LogP contribution in [0.1, 0.15) is 40.0 Å². The van der Waals surface area contributed by atoms with Crippen molar-refractivity contribution >= 4 is 35.0 Å². The molecule has 5 rings (SSSR count). The number of aromatic amines is 1. The highest BCUT2D eigenvalue weighted by Gasteiger charge is 2.38. The maximum Gasteiger partial charge on any atom is 0.254 e. The van der Waals surface area contributed by atoms with E-state index in [9.17, 15) is 9.59 Å². The van der Waals surface area contributed by atoms with Gasteiger partial charge in [-0.1, -0.05) is 23.2 Å². The van der Waals surface area contributed by atoms with Crippen LogP contribution in [-0.2, 0) is 28.8 Å². The van der Waals surface area contributed by atoms with E-state index in [-0.39, 0.29) is 23.8 Å². The first kappa shape index (κ1) is 21.7. The zero-order chi connectivity index (χ0) is 22.2. The van der Waals surface area contributed by atoms with Crippen LogP contribution >= 0.6 is 23.2 Å². The summed E-state index contributed by atoms with van der Waals surface area (Å²) in [6.45, 7) is 2.95. The van der Waals surface area contributed by atoms with Gasteiger partial charge in [0.2, 0.25) is 5.91 Å². The Labute approximate surface area is 197 Å². The summed E-state index contributed by atoms with van der Waals surface area (Å²) < 4.78 is 5.32. The number of benzene rings is 1. The van der Waals surface area contributed by atoms with Gasteiger partial charge < -0.3 is 14.5 Å². The summed E-state index contributed by atoms with van der Waals surface area (Å²) in [6, 6.07) is 3.58. The van der Waals surface area contributed by atoms with Crippen LogP contribution in [0.25, 0.3) is 0 Å². The molecule has 0 spiro atoms. The monoisotopic (exact) mass is 476 g/mol. The minimum absolute atomic E-state index is 0.0947. The maximum absolute atomic E-state index is 13.2. The third kappa shape index (κ3) is 4.14. The van der Waals surface area contributed by atoms with Gasteiger partial charge in [0.05, 0.1) is 19.4 Å². The third-order valence-corrected chi connectivity index (χ3v) is 7.59. The smallest absolute Gasteiger partial charge is 0.254 e. The number of aryl methyl sites for hydroxylation is 1. The second kappa shape index (κ2) is 9.04. The van der Waals surface area contributed by atoms with E-state index in [4.69, 9.17) is 27.9 Å². The van der Waals surface area contributed by atoms with Gasteiger partial charge in [-0.2, -0.15) is 5.10 Å². The van der Waals surface area contributed by atoms with Gasteiger partial charge in [0.25, 0.3) is 5.91 Å². The molecule has 9 heteroatoms. The molecule has 170 valence electrons. The largest absolute Gasteiger partial charge is 0.378 e. The molecule has 0 radical (unpaired) electrons. The van der Waals surface area contributed by atoms with E-state index in [0.29, 0.717) is 48.3 Å². The fourth-order valence-electron chi connectivity index (χ4n) is 5.09. The lowest BCUT2D eigenvalue weighted by Gasteiger charge is -2.31. The number of hydrogen-bond acceptors (Lipinski definition) is 4. The quantitative estimate of drug-likeness (QED) is 0.734. The average molecular weight is 477 g/mol. The van der Waals surface area contributed by atoms with Crippen LogP contribution < -0.4 is 0 Å². The highest BCUT2D eigenvalue weighted by molar-refractivity contribution is 6.36. The van der Waals surface area contributed by atoms with Gasteiger partial charge in [0.15, 0.2) is 0 Å². The maximum atomic E-state index is 13.2. The van der Waals surface area contributed by atoms with E-state index in [1.807, 2.05) is 11.1 Å². The number of aromatic nitrogens is 2. The van der Waals surface area contributed by atoms with Gasteiger partial charge in [-0.15, -0.1) is 0 Å². The number of hydrogen-bond donors (Lipinski definition) is 1. The Morgan fingerprint density at radius 1 is 1.16 bits per heavy atom.